The van der Waals surface area contributed by atoms with Crippen LogP contribution in [0.4, 0.5) is 0 Å². The summed E-state index contributed by atoms with van der Waals surface area (Å²) in [5, 5.41) is 13.2. The predicted octanol–water partition coefficient (Wildman–Crippen LogP) is 0.0712. The Labute approximate surface area is 58.3 Å². The number of aliphatic carboxylic acids is 1. The van der Waals surface area contributed by atoms with Gasteiger partial charge in [0, 0.05) is 4.91 Å². The summed E-state index contributed by atoms with van der Waals surface area (Å²) in [6.45, 7) is 3.30. The van der Waals surface area contributed by atoms with Gasteiger partial charge in [-0.25, -0.2) is 0 Å². The maximum absolute atomic E-state index is 10.2. The summed E-state index contributed by atoms with van der Waals surface area (Å²) in [5.74, 6) is -1.55. The molecule has 0 amide bonds. The van der Waals surface area contributed by atoms with Crippen LogP contribution in [-0.4, -0.2) is 12.0 Å². The van der Waals surface area contributed by atoms with Crippen molar-refractivity contribution in [3.63, 3.8) is 0 Å². The van der Waals surface area contributed by atoms with E-state index < -0.39 is 12.0 Å². The molecule has 0 aliphatic carbocycles. The zero-order chi connectivity index (χ0) is 8.15. The van der Waals surface area contributed by atoms with Crippen LogP contribution >= 0.6 is 0 Å². The van der Waals surface area contributed by atoms with E-state index in [0.717, 1.165) is 0 Å². The van der Waals surface area contributed by atoms with Crippen LogP contribution in [0, 0.1) is 5.92 Å². The lowest BCUT2D eigenvalue weighted by Crippen LogP contribution is -2.37. The van der Waals surface area contributed by atoms with E-state index in [4.69, 9.17) is 5.53 Å². The number of hydrogen-bond acceptors (Lipinski definition) is 3. The number of carboxylic acid groups (broad SMARTS) is 1. The summed E-state index contributed by atoms with van der Waals surface area (Å²) in [7, 11) is 0. The van der Waals surface area contributed by atoms with Crippen LogP contribution in [0.5, 0.6) is 0 Å². The fourth-order valence-electron chi connectivity index (χ4n) is 0.508. The van der Waals surface area contributed by atoms with E-state index in [1.807, 2.05) is 0 Å². The molecule has 1 atom stereocenters. The van der Waals surface area contributed by atoms with Crippen molar-refractivity contribution in [3.05, 3.63) is 10.4 Å². The molecule has 5 nitrogen and oxygen atoms in total. The molecule has 0 aromatic heterocycles. The highest BCUT2D eigenvalue weighted by Gasteiger charge is 2.11. The molecule has 0 heterocycles. The number of carbonyl (C=O) groups excluding carboxylic acids is 1. The number of rotatable bonds is 3. The van der Waals surface area contributed by atoms with Gasteiger partial charge in [0.25, 0.3) is 0 Å². The van der Waals surface area contributed by atoms with Gasteiger partial charge in [-0.2, -0.15) is 0 Å². The molecule has 0 rings (SSSR count). The van der Waals surface area contributed by atoms with E-state index in [1.54, 1.807) is 13.8 Å². The summed E-state index contributed by atoms with van der Waals surface area (Å²) >= 11 is 0. The fourth-order valence-corrected chi connectivity index (χ4v) is 0.508. The Morgan fingerprint density at radius 2 is 2.20 bits per heavy atom. The number of carboxylic acids is 1. The van der Waals surface area contributed by atoms with Gasteiger partial charge in [-0.05, 0) is 11.4 Å². The minimum absolute atomic E-state index is 0.221. The average molecular weight is 142 g/mol. The zero-order valence-corrected chi connectivity index (χ0v) is 5.81. The lowest BCUT2D eigenvalue weighted by molar-refractivity contribution is -0.308. The first-order valence-corrected chi connectivity index (χ1v) is 2.84. The van der Waals surface area contributed by atoms with Crippen LogP contribution < -0.4 is 5.11 Å². The van der Waals surface area contributed by atoms with Crippen LogP contribution in [0.25, 0.3) is 10.4 Å². The van der Waals surface area contributed by atoms with Gasteiger partial charge in [-0.3, -0.25) is 0 Å². The van der Waals surface area contributed by atoms with Crippen LogP contribution in [0.3, 0.4) is 0 Å². The second kappa shape index (κ2) is 3.74. The fraction of sp³-hybridized carbons (Fsp3) is 0.800. The molecule has 0 saturated carbocycles. The van der Waals surface area contributed by atoms with E-state index in [9.17, 15) is 9.90 Å². The molecular weight excluding hydrogens is 134 g/mol. The molecule has 5 heteroatoms. The van der Waals surface area contributed by atoms with Gasteiger partial charge in [-0.15, -0.1) is 0 Å². The van der Waals surface area contributed by atoms with Gasteiger partial charge < -0.3 is 9.90 Å². The summed E-state index contributed by atoms with van der Waals surface area (Å²) < 4.78 is 0. The van der Waals surface area contributed by atoms with E-state index in [1.165, 1.54) is 0 Å². The molecule has 0 aromatic carbocycles. The van der Waals surface area contributed by atoms with Crippen molar-refractivity contribution in [2.75, 3.05) is 0 Å². The van der Waals surface area contributed by atoms with Crippen molar-refractivity contribution in [2.45, 2.75) is 19.9 Å². The Kier molecular flexibility index (Phi) is 3.28. The first kappa shape index (κ1) is 8.78. The largest absolute Gasteiger partial charge is 0.550 e. The van der Waals surface area contributed by atoms with Crippen molar-refractivity contribution >= 4 is 5.97 Å². The highest BCUT2D eigenvalue weighted by atomic mass is 16.4. The Balaban J connectivity index is 4.26. The molecule has 0 aliphatic heterocycles. The lowest BCUT2D eigenvalue weighted by atomic mass is 10.1. The highest BCUT2D eigenvalue weighted by Crippen LogP contribution is 2.04. The average Bonchev–Trinajstić information content (AvgIpc) is 1.81. The summed E-state index contributed by atoms with van der Waals surface area (Å²) in [6.07, 6.45) is 0. The molecular formula is C5H8N3O2-. The molecule has 1 unspecified atom stereocenters. The van der Waals surface area contributed by atoms with E-state index in [-0.39, 0.29) is 5.92 Å². The molecule has 0 aliphatic rings. The highest BCUT2D eigenvalue weighted by molar-refractivity contribution is 5.71. The molecule has 0 N–H and O–H groups in total. The Morgan fingerprint density at radius 1 is 1.70 bits per heavy atom. The minimum Gasteiger partial charge on any atom is -0.550 e. The maximum atomic E-state index is 10.2. The third-order valence-electron chi connectivity index (χ3n) is 1.05. The van der Waals surface area contributed by atoms with E-state index in [0.29, 0.717) is 0 Å². The van der Waals surface area contributed by atoms with Crippen molar-refractivity contribution < 1.29 is 9.90 Å². The van der Waals surface area contributed by atoms with Gasteiger partial charge >= 0.3 is 0 Å². The topological polar surface area (TPSA) is 88.9 Å². The smallest absolute Gasteiger partial charge is 0.0793 e. The maximum Gasteiger partial charge on any atom is 0.0793 e. The number of carbonyl (C=O) groups is 1. The van der Waals surface area contributed by atoms with Crippen LogP contribution in [-0.2, 0) is 4.79 Å². The summed E-state index contributed by atoms with van der Waals surface area (Å²) in [6, 6.07) is -1.05. The van der Waals surface area contributed by atoms with Crippen molar-refractivity contribution in [2.24, 2.45) is 11.0 Å². The standard InChI is InChI=1S/C5H9N3O2/c1-3(2)4(5(9)10)7-8-6/h3-4H,1-2H3,(H,9,10)/p-1. The quantitative estimate of drug-likeness (QED) is 0.317. The normalized spacial score (nSPS) is 12.3. The summed E-state index contributed by atoms with van der Waals surface area (Å²) in [5.41, 5.74) is 7.90. The van der Waals surface area contributed by atoms with Crippen LogP contribution in [0.15, 0.2) is 5.11 Å². The van der Waals surface area contributed by atoms with Crippen molar-refractivity contribution in [1.29, 1.82) is 0 Å². The Hall–Kier alpha value is -1.22. The minimum atomic E-state index is -1.33. The molecule has 0 fully saturated rings. The molecule has 0 spiro atoms. The number of nitrogens with zero attached hydrogens (tertiary/aromatic N) is 3. The van der Waals surface area contributed by atoms with Gasteiger partial charge in [0.05, 0.1) is 12.0 Å². The lowest BCUT2D eigenvalue weighted by Gasteiger charge is -2.14. The predicted molar refractivity (Wildman–Crippen MR) is 32.8 cm³/mol. The number of hydrogen-bond donors (Lipinski definition) is 0. The first-order valence-electron chi connectivity index (χ1n) is 2.84. The van der Waals surface area contributed by atoms with Crippen LogP contribution in [0.2, 0.25) is 0 Å². The Bertz CT molecular complexity index is 170. The van der Waals surface area contributed by atoms with Gasteiger partial charge in [-0.1, -0.05) is 19.0 Å². The zero-order valence-electron chi connectivity index (χ0n) is 5.81. The molecule has 56 valence electrons. The van der Waals surface area contributed by atoms with Gasteiger partial charge in [0.15, 0.2) is 0 Å². The Morgan fingerprint density at radius 3 is 2.30 bits per heavy atom. The first-order chi connectivity index (χ1) is 4.59. The second-order valence-electron chi connectivity index (χ2n) is 2.21. The van der Waals surface area contributed by atoms with Crippen molar-refractivity contribution in [1.82, 2.24) is 0 Å². The third-order valence-corrected chi connectivity index (χ3v) is 1.05. The van der Waals surface area contributed by atoms with E-state index in [2.05, 4.69) is 10.0 Å². The monoisotopic (exact) mass is 142 g/mol. The van der Waals surface area contributed by atoms with Crippen molar-refractivity contribution in [3.8, 4) is 0 Å². The van der Waals surface area contributed by atoms with Gasteiger partial charge in [0.2, 0.25) is 0 Å². The van der Waals surface area contributed by atoms with Crippen LogP contribution in [0.1, 0.15) is 13.8 Å². The summed E-state index contributed by atoms with van der Waals surface area (Å²) in [4.78, 5) is 12.5. The third kappa shape index (κ3) is 2.37. The molecule has 10 heavy (non-hydrogen) atoms. The second-order valence-corrected chi connectivity index (χ2v) is 2.21. The van der Waals surface area contributed by atoms with Gasteiger partial charge in [0.1, 0.15) is 0 Å². The number of azide groups is 1. The molecule has 0 aromatic rings. The molecule has 0 radical (unpaired) electrons. The molecule has 0 saturated heterocycles. The van der Waals surface area contributed by atoms with E-state index >= 15 is 0 Å². The SMILES string of the molecule is CC(C)C(N=[N+]=[N-])C(=O)[O-]. The molecule has 0 bridgehead atoms.